The molecule has 0 fully saturated rings. The molecule has 0 aliphatic carbocycles. The fraction of sp³-hybridized carbons (Fsp3) is 0.571. The maximum atomic E-state index is 13.8. The number of halogens is 4. The number of alkyl halides is 3. The normalized spacial score (nSPS) is 16.7. The molecule has 1 aromatic rings. The van der Waals surface area contributed by atoms with Crippen molar-refractivity contribution in [2.45, 2.75) is 38.1 Å². The monoisotopic (exact) mass is 310 g/mol. The summed E-state index contributed by atoms with van der Waals surface area (Å²) in [6.07, 6.45) is -8.27. The fourth-order valence-electron chi connectivity index (χ4n) is 2.12. The maximum absolute atomic E-state index is 13.8. The number of benzene rings is 1. The predicted octanol–water partition coefficient (Wildman–Crippen LogP) is 3.21. The molecule has 0 aliphatic heterocycles. The van der Waals surface area contributed by atoms with Gasteiger partial charge in [0.25, 0.3) is 0 Å². The van der Waals surface area contributed by atoms with E-state index in [1.54, 1.807) is 0 Å². The summed E-state index contributed by atoms with van der Waals surface area (Å²) in [7, 11) is 1.27. The van der Waals surface area contributed by atoms with E-state index < -0.39 is 41.6 Å². The lowest BCUT2D eigenvalue weighted by Crippen LogP contribution is -2.51. The van der Waals surface area contributed by atoms with E-state index in [2.05, 4.69) is 0 Å². The van der Waals surface area contributed by atoms with Crippen LogP contribution in [0.2, 0.25) is 0 Å². The van der Waals surface area contributed by atoms with Gasteiger partial charge >= 0.3 is 6.18 Å². The second kappa shape index (κ2) is 6.19. The third-order valence-electron chi connectivity index (χ3n) is 3.16. The van der Waals surface area contributed by atoms with Crippen LogP contribution in [0.4, 0.5) is 17.6 Å². The van der Waals surface area contributed by atoms with Gasteiger partial charge in [-0.3, -0.25) is 0 Å². The summed E-state index contributed by atoms with van der Waals surface area (Å²) in [6, 6.07) is 3.04. The number of aliphatic hydroxyl groups is 2. The van der Waals surface area contributed by atoms with Crippen molar-refractivity contribution in [2.75, 3.05) is 7.11 Å². The number of hydrogen-bond acceptors (Lipinski definition) is 3. The molecule has 120 valence electrons. The Morgan fingerprint density at radius 1 is 1.24 bits per heavy atom. The van der Waals surface area contributed by atoms with Crippen molar-refractivity contribution in [3.8, 4) is 5.75 Å². The third-order valence-corrected chi connectivity index (χ3v) is 3.16. The van der Waals surface area contributed by atoms with E-state index in [1.165, 1.54) is 27.0 Å². The van der Waals surface area contributed by atoms with Gasteiger partial charge in [0.2, 0.25) is 0 Å². The number of ether oxygens (including phenoxy) is 1. The minimum absolute atomic E-state index is 0.0999. The first kappa shape index (κ1) is 17.7. The van der Waals surface area contributed by atoms with Gasteiger partial charge in [0.05, 0.1) is 7.11 Å². The molecule has 2 unspecified atom stereocenters. The molecule has 2 atom stereocenters. The molecule has 0 spiro atoms. The maximum Gasteiger partial charge on any atom is 0.420 e. The zero-order chi connectivity index (χ0) is 16.4. The molecule has 0 saturated heterocycles. The lowest BCUT2D eigenvalue weighted by Gasteiger charge is -2.36. The van der Waals surface area contributed by atoms with Crippen LogP contribution in [0.1, 0.15) is 31.9 Å². The molecule has 0 aromatic heterocycles. The lowest BCUT2D eigenvalue weighted by atomic mass is 9.83. The number of methoxy groups -OCH3 is 1. The van der Waals surface area contributed by atoms with Gasteiger partial charge in [0, 0.05) is 11.6 Å². The molecule has 0 heterocycles. The van der Waals surface area contributed by atoms with E-state index in [4.69, 9.17) is 4.74 Å². The molecule has 0 aliphatic rings. The Labute approximate surface area is 120 Å². The topological polar surface area (TPSA) is 49.7 Å². The molecule has 21 heavy (non-hydrogen) atoms. The molecule has 1 aromatic carbocycles. The van der Waals surface area contributed by atoms with E-state index in [-0.39, 0.29) is 5.75 Å². The van der Waals surface area contributed by atoms with E-state index in [0.29, 0.717) is 0 Å². The van der Waals surface area contributed by atoms with Crippen molar-refractivity contribution < 1.29 is 32.5 Å². The molecule has 2 N–H and O–H groups in total. The number of rotatable bonds is 5. The van der Waals surface area contributed by atoms with Crippen LogP contribution < -0.4 is 4.74 Å². The molecule has 3 nitrogen and oxygen atoms in total. The summed E-state index contributed by atoms with van der Waals surface area (Å²) in [6.45, 7) is 2.93. The van der Waals surface area contributed by atoms with Crippen LogP contribution in [0.5, 0.6) is 5.75 Å². The molecule has 0 amide bonds. The van der Waals surface area contributed by atoms with E-state index in [9.17, 15) is 27.8 Å². The first-order valence-electron chi connectivity index (χ1n) is 6.33. The van der Waals surface area contributed by atoms with E-state index in [0.717, 1.165) is 12.1 Å². The standard InChI is InChI=1S/C14H18F4O3/c1-8(2)7-13(20,14(16,17)18)12(19)10-5-4-9(21-3)6-11(10)15/h4-6,8,12,19-20H,7H2,1-3H3. The largest absolute Gasteiger partial charge is 0.497 e. The van der Waals surface area contributed by atoms with Crippen LogP contribution in [-0.4, -0.2) is 29.1 Å². The van der Waals surface area contributed by atoms with Crippen LogP contribution in [0.25, 0.3) is 0 Å². The second-order valence-corrected chi connectivity index (χ2v) is 5.31. The second-order valence-electron chi connectivity index (χ2n) is 5.31. The van der Waals surface area contributed by atoms with Gasteiger partial charge in [-0.1, -0.05) is 13.8 Å². The smallest absolute Gasteiger partial charge is 0.420 e. The predicted molar refractivity (Wildman–Crippen MR) is 68.4 cm³/mol. The highest BCUT2D eigenvalue weighted by Gasteiger charge is 2.59. The Morgan fingerprint density at radius 3 is 2.19 bits per heavy atom. The zero-order valence-corrected chi connectivity index (χ0v) is 11.9. The summed E-state index contributed by atoms with van der Waals surface area (Å²) in [5.41, 5.74) is -4.05. The number of aliphatic hydroxyl groups excluding tert-OH is 1. The lowest BCUT2D eigenvalue weighted by molar-refractivity contribution is -0.297. The molecular formula is C14H18F4O3. The van der Waals surface area contributed by atoms with Crippen molar-refractivity contribution in [2.24, 2.45) is 5.92 Å². The van der Waals surface area contributed by atoms with E-state index >= 15 is 0 Å². The SMILES string of the molecule is COc1ccc(C(O)C(O)(CC(C)C)C(F)(F)F)c(F)c1. The minimum atomic E-state index is -5.09. The first-order chi connectivity index (χ1) is 9.52. The van der Waals surface area contributed by atoms with Gasteiger partial charge in [-0.05, 0) is 24.5 Å². The Hall–Kier alpha value is -1.34. The van der Waals surface area contributed by atoms with Crippen LogP contribution in [0.15, 0.2) is 18.2 Å². The Kier molecular flexibility index (Phi) is 5.22. The number of hydrogen-bond donors (Lipinski definition) is 2. The Morgan fingerprint density at radius 2 is 1.81 bits per heavy atom. The molecule has 0 bridgehead atoms. The quantitative estimate of drug-likeness (QED) is 0.821. The summed E-state index contributed by atoms with van der Waals surface area (Å²) in [4.78, 5) is 0. The van der Waals surface area contributed by atoms with E-state index in [1.807, 2.05) is 0 Å². The van der Waals surface area contributed by atoms with Crippen molar-refractivity contribution >= 4 is 0 Å². The van der Waals surface area contributed by atoms with Gasteiger partial charge < -0.3 is 14.9 Å². The van der Waals surface area contributed by atoms with Crippen LogP contribution in [0, 0.1) is 11.7 Å². The highest BCUT2D eigenvalue weighted by molar-refractivity contribution is 5.31. The van der Waals surface area contributed by atoms with Crippen molar-refractivity contribution in [1.82, 2.24) is 0 Å². The highest BCUT2D eigenvalue weighted by Crippen LogP contribution is 2.44. The van der Waals surface area contributed by atoms with Gasteiger partial charge in [-0.25, -0.2) is 4.39 Å². The van der Waals surface area contributed by atoms with Gasteiger partial charge in [-0.2, -0.15) is 13.2 Å². The average molecular weight is 310 g/mol. The Bertz CT molecular complexity index is 488. The van der Waals surface area contributed by atoms with Gasteiger partial charge in [0.1, 0.15) is 17.7 Å². The van der Waals surface area contributed by atoms with Crippen LogP contribution >= 0.6 is 0 Å². The zero-order valence-electron chi connectivity index (χ0n) is 11.9. The Balaban J connectivity index is 3.26. The van der Waals surface area contributed by atoms with Crippen LogP contribution in [0.3, 0.4) is 0 Å². The average Bonchev–Trinajstić information content (AvgIpc) is 2.35. The fourth-order valence-corrected chi connectivity index (χ4v) is 2.12. The molecule has 1 rings (SSSR count). The summed E-state index contributed by atoms with van der Waals surface area (Å²) in [5.74, 6) is -1.52. The van der Waals surface area contributed by atoms with Crippen molar-refractivity contribution in [3.05, 3.63) is 29.6 Å². The summed E-state index contributed by atoms with van der Waals surface area (Å²) >= 11 is 0. The first-order valence-corrected chi connectivity index (χ1v) is 6.33. The summed E-state index contributed by atoms with van der Waals surface area (Å²) < 4.78 is 57.9. The molecule has 0 radical (unpaired) electrons. The van der Waals surface area contributed by atoms with Crippen LogP contribution in [-0.2, 0) is 0 Å². The highest BCUT2D eigenvalue weighted by atomic mass is 19.4. The molecule has 0 saturated carbocycles. The third kappa shape index (κ3) is 3.65. The summed E-state index contributed by atoms with van der Waals surface area (Å²) in [5, 5.41) is 19.8. The molecule has 7 heteroatoms. The van der Waals surface area contributed by atoms with Gasteiger partial charge in [0.15, 0.2) is 5.60 Å². The van der Waals surface area contributed by atoms with Crippen molar-refractivity contribution in [3.63, 3.8) is 0 Å². The van der Waals surface area contributed by atoms with Crippen molar-refractivity contribution in [1.29, 1.82) is 0 Å². The molecular weight excluding hydrogens is 292 g/mol. The van der Waals surface area contributed by atoms with Gasteiger partial charge in [-0.15, -0.1) is 0 Å². The minimum Gasteiger partial charge on any atom is -0.497 e.